The van der Waals surface area contributed by atoms with Gasteiger partial charge in [-0.2, -0.15) is 0 Å². The monoisotopic (exact) mass is 322 g/mol. The molecule has 2 rings (SSSR count). The zero-order valence-electron chi connectivity index (χ0n) is 14.4. The van der Waals surface area contributed by atoms with Crippen LogP contribution in [0.15, 0.2) is 24.3 Å². The first-order valence-corrected chi connectivity index (χ1v) is 9.08. The quantitative estimate of drug-likeness (QED) is 0.729. The van der Waals surface area contributed by atoms with Crippen molar-refractivity contribution < 1.29 is 0 Å². The summed E-state index contributed by atoms with van der Waals surface area (Å²) in [5, 5.41) is 0.838. The lowest BCUT2D eigenvalue weighted by atomic mass is 9.88. The second-order valence-electron chi connectivity index (χ2n) is 7.15. The molecule has 22 heavy (non-hydrogen) atoms. The summed E-state index contributed by atoms with van der Waals surface area (Å²) in [7, 11) is 2.22. The Balaban J connectivity index is 1.90. The van der Waals surface area contributed by atoms with Crippen molar-refractivity contribution in [2.45, 2.75) is 39.0 Å². The second-order valence-corrected chi connectivity index (χ2v) is 7.59. The minimum Gasteiger partial charge on any atom is -0.304 e. The summed E-state index contributed by atoms with van der Waals surface area (Å²) in [6, 6.07) is 8.51. The summed E-state index contributed by atoms with van der Waals surface area (Å²) in [6.45, 7) is 10.7. The molecule has 0 bridgehead atoms. The van der Waals surface area contributed by atoms with Crippen LogP contribution < -0.4 is 0 Å². The average Bonchev–Trinajstić information content (AvgIpc) is 2.50. The van der Waals surface area contributed by atoms with Gasteiger partial charge < -0.3 is 9.80 Å². The molecular weight excluding hydrogens is 292 g/mol. The molecule has 1 aliphatic heterocycles. The van der Waals surface area contributed by atoms with Crippen LogP contribution in [0.5, 0.6) is 0 Å². The van der Waals surface area contributed by atoms with Gasteiger partial charge in [0, 0.05) is 31.2 Å². The lowest BCUT2D eigenvalue weighted by Gasteiger charge is -2.33. The molecule has 1 fully saturated rings. The van der Waals surface area contributed by atoms with Gasteiger partial charge in [-0.3, -0.25) is 0 Å². The van der Waals surface area contributed by atoms with E-state index >= 15 is 0 Å². The molecular formula is C19H31ClN2. The minimum absolute atomic E-state index is 0.666. The zero-order valence-corrected chi connectivity index (χ0v) is 15.1. The first-order chi connectivity index (χ1) is 10.5. The van der Waals surface area contributed by atoms with Crippen LogP contribution in [0, 0.1) is 5.92 Å². The number of rotatable bonds is 7. The van der Waals surface area contributed by atoms with E-state index in [9.17, 15) is 0 Å². The summed E-state index contributed by atoms with van der Waals surface area (Å²) < 4.78 is 0. The molecule has 0 radical (unpaired) electrons. The third-order valence-electron chi connectivity index (χ3n) is 4.82. The van der Waals surface area contributed by atoms with Gasteiger partial charge in [-0.15, -0.1) is 0 Å². The molecule has 2 nitrogen and oxygen atoms in total. The van der Waals surface area contributed by atoms with Crippen LogP contribution in [0.4, 0.5) is 0 Å². The van der Waals surface area contributed by atoms with Crippen LogP contribution in [-0.2, 0) is 0 Å². The molecule has 1 aromatic carbocycles. The summed E-state index contributed by atoms with van der Waals surface area (Å²) in [6.07, 6.45) is 3.85. The van der Waals surface area contributed by atoms with Crippen LogP contribution in [0.3, 0.4) is 0 Å². The fraction of sp³-hybridized carbons (Fsp3) is 0.684. The molecule has 0 aromatic heterocycles. The van der Waals surface area contributed by atoms with Gasteiger partial charge in [0.2, 0.25) is 0 Å². The van der Waals surface area contributed by atoms with E-state index in [2.05, 4.69) is 42.8 Å². The molecule has 0 aliphatic carbocycles. The largest absolute Gasteiger partial charge is 0.304 e. The van der Waals surface area contributed by atoms with Crippen molar-refractivity contribution in [3.63, 3.8) is 0 Å². The Morgan fingerprint density at radius 1 is 0.955 bits per heavy atom. The Labute approximate surface area is 141 Å². The molecule has 3 heteroatoms. The van der Waals surface area contributed by atoms with Crippen LogP contribution in [-0.4, -0.2) is 49.6 Å². The lowest BCUT2D eigenvalue weighted by Crippen LogP contribution is -2.44. The van der Waals surface area contributed by atoms with E-state index in [-0.39, 0.29) is 0 Å². The van der Waals surface area contributed by atoms with E-state index in [1.165, 1.54) is 57.5 Å². The minimum atomic E-state index is 0.666. The molecule has 1 atom stereocenters. The number of nitrogens with zero attached hydrogens (tertiary/aromatic N) is 2. The van der Waals surface area contributed by atoms with Gasteiger partial charge in [-0.05, 0) is 56.0 Å². The fourth-order valence-corrected chi connectivity index (χ4v) is 3.28. The van der Waals surface area contributed by atoms with Crippen LogP contribution in [0.25, 0.3) is 0 Å². The molecule has 124 valence electrons. The third-order valence-corrected chi connectivity index (χ3v) is 5.08. The lowest BCUT2D eigenvalue weighted by molar-refractivity contribution is 0.149. The predicted molar refractivity (Wildman–Crippen MR) is 96.8 cm³/mol. The topological polar surface area (TPSA) is 6.48 Å². The van der Waals surface area contributed by atoms with Crippen LogP contribution in [0.2, 0.25) is 5.02 Å². The van der Waals surface area contributed by atoms with E-state index in [0.29, 0.717) is 5.92 Å². The smallest absolute Gasteiger partial charge is 0.0406 e. The van der Waals surface area contributed by atoms with Crippen molar-refractivity contribution in [2.75, 3.05) is 39.8 Å². The van der Waals surface area contributed by atoms with Crippen molar-refractivity contribution in [3.8, 4) is 0 Å². The number of benzene rings is 1. The highest BCUT2D eigenvalue weighted by Gasteiger charge is 2.17. The summed E-state index contributed by atoms with van der Waals surface area (Å²) in [5.41, 5.74) is 1.46. The molecule has 0 saturated carbocycles. The summed E-state index contributed by atoms with van der Waals surface area (Å²) >= 11 is 6.04. The van der Waals surface area contributed by atoms with Crippen molar-refractivity contribution in [1.29, 1.82) is 0 Å². The van der Waals surface area contributed by atoms with Crippen molar-refractivity contribution in [3.05, 3.63) is 34.9 Å². The number of halogens is 1. The SMILES string of the molecule is CC(C)CC[C@H](CCN1CCN(C)CC1)c1ccc(Cl)cc1. The Morgan fingerprint density at radius 3 is 2.18 bits per heavy atom. The fourth-order valence-electron chi connectivity index (χ4n) is 3.16. The van der Waals surface area contributed by atoms with Gasteiger partial charge in [-0.1, -0.05) is 44.0 Å². The zero-order chi connectivity index (χ0) is 15.9. The van der Waals surface area contributed by atoms with Gasteiger partial charge in [-0.25, -0.2) is 0 Å². The molecule has 0 N–H and O–H groups in total. The summed E-state index contributed by atoms with van der Waals surface area (Å²) in [4.78, 5) is 5.05. The third kappa shape index (κ3) is 5.91. The first kappa shape index (κ1) is 17.8. The van der Waals surface area contributed by atoms with Gasteiger partial charge in [0.1, 0.15) is 0 Å². The maximum Gasteiger partial charge on any atom is 0.0406 e. The Bertz CT molecular complexity index is 422. The molecule has 0 unspecified atom stereocenters. The predicted octanol–water partition coefficient (Wildman–Crippen LogP) is 4.50. The average molecular weight is 323 g/mol. The number of hydrogen-bond donors (Lipinski definition) is 0. The molecule has 1 aliphatic rings. The number of likely N-dealkylation sites (N-methyl/N-ethyl adjacent to an activating group) is 1. The highest BCUT2D eigenvalue weighted by molar-refractivity contribution is 6.30. The van der Waals surface area contributed by atoms with Gasteiger partial charge in [0.05, 0.1) is 0 Å². The summed E-state index contributed by atoms with van der Waals surface area (Å²) in [5.74, 6) is 1.44. The molecule has 1 aromatic rings. The van der Waals surface area contributed by atoms with E-state index in [1.807, 2.05) is 12.1 Å². The van der Waals surface area contributed by atoms with Crippen LogP contribution >= 0.6 is 11.6 Å². The Kier molecular flexibility index (Phi) is 7.20. The van der Waals surface area contributed by atoms with E-state index in [0.717, 1.165) is 10.9 Å². The molecule has 1 saturated heterocycles. The van der Waals surface area contributed by atoms with E-state index in [1.54, 1.807) is 0 Å². The van der Waals surface area contributed by atoms with Gasteiger partial charge >= 0.3 is 0 Å². The van der Waals surface area contributed by atoms with E-state index in [4.69, 9.17) is 11.6 Å². The van der Waals surface area contributed by atoms with Crippen molar-refractivity contribution >= 4 is 11.6 Å². The standard InChI is InChI=1S/C19H31ClN2/c1-16(2)4-5-18(17-6-8-19(20)9-7-17)10-11-22-14-12-21(3)13-15-22/h6-9,16,18H,4-5,10-15H2,1-3H3/t18-/m1/s1. The number of hydrogen-bond acceptors (Lipinski definition) is 2. The normalized spacial score (nSPS) is 18.8. The highest BCUT2D eigenvalue weighted by Crippen LogP contribution is 2.28. The van der Waals surface area contributed by atoms with Crippen molar-refractivity contribution in [1.82, 2.24) is 9.80 Å². The molecule has 1 heterocycles. The Hall–Kier alpha value is -0.570. The maximum absolute atomic E-state index is 6.04. The second kappa shape index (κ2) is 8.90. The highest BCUT2D eigenvalue weighted by atomic mass is 35.5. The van der Waals surface area contributed by atoms with Crippen molar-refractivity contribution in [2.24, 2.45) is 5.92 Å². The van der Waals surface area contributed by atoms with Gasteiger partial charge in [0.15, 0.2) is 0 Å². The maximum atomic E-state index is 6.04. The molecule has 0 spiro atoms. The van der Waals surface area contributed by atoms with Crippen LogP contribution in [0.1, 0.15) is 44.6 Å². The van der Waals surface area contributed by atoms with Gasteiger partial charge in [0.25, 0.3) is 0 Å². The van der Waals surface area contributed by atoms with E-state index < -0.39 is 0 Å². The first-order valence-electron chi connectivity index (χ1n) is 8.71. The molecule has 0 amide bonds. The number of piperazine rings is 1. The Morgan fingerprint density at radius 2 is 1.59 bits per heavy atom.